The Morgan fingerprint density at radius 3 is 2.89 bits per heavy atom. The molecular weight excluding hydrogens is 557 g/mol. The van der Waals surface area contributed by atoms with Crippen LogP contribution >= 0.6 is 27.5 Å². The number of hydrogen-bond donors (Lipinski definition) is 1. The van der Waals surface area contributed by atoms with Crippen molar-refractivity contribution in [3.63, 3.8) is 0 Å². The first kappa shape index (κ1) is 25.2. The molecule has 2 aromatic heterocycles. The second kappa shape index (κ2) is 10.9. The minimum atomic E-state index is -0.279. The zero-order valence-corrected chi connectivity index (χ0v) is 22.1. The van der Waals surface area contributed by atoms with Crippen LogP contribution in [0.1, 0.15) is 27.9 Å². The van der Waals surface area contributed by atoms with Gasteiger partial charge in [0.15, 0.2) is 0 Å². The lowest BCUT2D eigenvalue weighted by Gasteiger charge is -2.27. The van der Waals surface area contributed by atoms with E-state index in [2.05, 4.69) is 37.2 Å². The number of amides is 1. The first-order valence-electron chi connectivity index (χ1n) is 11.7. The molecule has 2 aromatic carbocycles. The van der Waals surface area contributed by atoms with Gasteiger partial charge in [0.05, 0.1) is 17.1 Å². The smallest absolute Gasteiger partial charge is 0.326 e. The minimum absolute atomic E-state index is 0.233. The highest BCUT2D eigenvalue weighted by Crippen LogP contribution is 2.32. The van der Waals surface area contributed by atoms with Crippen molar-refractivity contribution in [1.82, 2.24) is 19.8 Å². The molecular formula is C28H22BrClFN5O. The molecule has 4 aromatic rings. The number of fused-ring (bicyclic) bond motifs is 3. The highest BCUT2D eigenvalue weighted by molar-refractivity contribution is 9.10. The maximum absolute atomic E-state index is 14.2. The van der Waals surface area contributed by atoms with E-state index in [0.717, 1.165) is 34.3 Å². The monoisotopic (exact) mass is 577 g/mol. The van der Waals surface area contributed by atoms with Gasteiger partial charge in [-0.05, 0) is 53.6 Å². The topological polar surface area (TPSA) is 74.0 Å². The molecule has 6 nitrogen and oxygen atoms in total. The molecule has 0 unspecified atom stereocenters. The molecule has 0 spiro atoms. The van der Waals surface area contributed by atoms with Crippen molar-refractivity contribution in [3.8, 4) is 6.07 Å². The van der Waals surface area contributed by atoms with Crippen LogP contribution in [0.2, 0.25) is 5.15 Å². The Labute approximate surface area is 227 Å². The number of rotatable bonds is 5. The molecule has 0 atom stereocenters. The zero-order chi connectivity index (χ0) is 25.9. The van der Waals surface area contributed by atoms with Gasteiger partial charge >= 0.3 is 6.03 Å². The van der Waals surface area contributed by atoms with Crippen molar-refractivity contribution in [3.05, 3.63) is 104 Å². The van der Waals surface area contributed by atoms with E-state index in [9.17, 15) is 14.4 Å². The van der Waals surface area contributed by atoms with Gasteiger partial charge in [-0.1, -0.05) is 45.7 Å². The third kappa shape index (κ3) is 5.44. The molecule has 37 heavy (non-hydrogen) atoms. The maximum atomic E-state index is 14.2. The van der Waals surface area contributed by atoms with Crippen LogP contribution in [-0.2, 0) is 19.5 Å². The Morgan fingerprint density at radius 2 is 2.11 bits per heavy atom. The van der Waals surface area contributed by atoms with Gasteiger partial charge in [0.2, 0.25) is 0 Å². The molecule has 0 aliphatic carbocycles. The molecule has 1 aliphatic rings. The predicted molar refractivity (Wildman–Crippen MR) is 146 cm³/mol. The zero-order valence-electron chi connectivity index (χ0n) is 19.7. The van der Waals surface area contributed by atoms with Crippen LogP contribution in [0.15, 0.2) is 65.3 Å². The van der Waals surface area contributed by atoms with E-state index in [0.29, 0.717) is 46.8 Å². The summed E-state index contributed by atoms with van der Waals surface area (Å²) in [6.45, 7) is 2.31. The summed E-state index contributed by atoms with van der Waals surface area (Å²) >= 11 is 9.25. The Hall–Kier alpha value is -3.51. The maximum Gasteiger partial charge on any atom is 0.326 e. The van der Waals surface area contributed by atoms with Crippen LogP contribution in [0.5, 0.6) is 0 Å². The van der Waals surface area contributed by atoms with Gasteiger partial charge in [0, 0.05) is 59.9 Å². The first-order chi connectivity index (χ1) is 17.9. The summed E-state index contributed by atoms with van der Waals surface area (Å²) < 4.78 is 16.6. The largest absolute Gasteiger partial charge is 0.333 e. The quantitative estimate of drug-likeness (QED) is 0.282. The van der Waals surface area contributed by atoms with Gasteiger partial charge in [-0.2, -0.15) is 5.26 Å². The summed E-state index contributed by atoms with van der Waals surface area (Å²) in [6.07, 6.45) is 6.01. The summed E-state index contributed by atoms with van der Waals surface area (Å²) in [6, 6.07) is 15.9. The molecule has 0 radical (unpaired) electrons. The van der Waals surface area contributed by atoms with Crippen LogP contribution in [0.25, 0.3) is 17.0 Å². The normalized spacial score (nSPS) is 13.6. The van der Waals surface area contributed by atoms with E-state index < -0.39 is 0 Å². The number of carbonyl (C=O) groups excluding carboxylic acids is 1. The molecule has 0 fully saturated rings. The lowest BCUT2D eigenvalue weighted by atomic mass is 10.0. The Morgan fingerprint density at radius 1 is 1.24 bits per heavy atom. The van der Waals surface area contributed by atoms with Gasteiger partial charge in [-0.15, -0.1) is 0 Å². The van der Waals surface area contributed by atoms with E-state index in [1.54, 1.807) is 41.1 Å². The van der Waals surface area contributed by atoms with E-state index in [4.69, 9.17) is 11.6 Å². The van der Waals surface area contributed by atoms with E-state index in [1.807, 2.05) is 24.3 Å². The minimum Gasteiger partial charge on any atom is -0.333 e. The molecule has 1 aliphatic heterocycles. The number of halogens is 3. The number of aromatic nitrogens is 2. The van der Waals surface area contributed by atoms with Crippen molar-refractivity contribution in [2.24, 2.45) is 0 Å². The number of nitrogens with one attached hydrogen (secondary N) is 1. The molecule has 5 rings (SSSR count). The van der Waals surface area contributed by atoms with Crippen LogP contribution in [0.3, 0.4) is 0 Å². The summed E-state index contributed by atoms with van der Waals surface area (Å²) in [4.78, 5) is 19.6. The number of nitrogens with zero attached hydrogens (tertiary/aromatic N) is 4. The lowest BCUT2D eigenvalue weighted by molar-refractivity contribution is 0.240. The van der Waals surface area contributed by atoms with E-state index in [1.165, 1.54) is 6.07 Å². The highest BCUT2D eigenvalue weighted by atomic mass is 79.9. The predicted octanol–water partition coefficient (Wildman–Crippen LogP) is 6.29. The fourth-order valence-electron chi connectivity index (χ4n) is 4.65. The fourth-order valence-corrected chi connectivity index (χ4v) is 5.18. The molecule has 1 N–H and O–H groups in total. The number of hydrogen-bond acceptors (Lipinski definition) is 4. The van der Waals surface area contributed by atoms with E-state index in [-0.39, 0.29) is 11.8 Å². The Kier molecular flexibility index (Phi) is 7.38. The molecule has 0 saturated carbocycles. The SMILES string of the molecule is N#Cc1ccc2c(c1)c1c(n2C(=O)NCc2ccnc(Cl)c2)CCN(C/C=C/c2ccc(Br)cc2F)C1. The van der Waals surface area contributed by atoms with Gasteiger partial charge in [-0.3, -0.25) is 9.47 Å². The summed E-state index contributed by atoms with van der Waals surface area (Å²) in [7, 11) is 0. The molecule has 9 heteroatoms. The third-order valence-electron chi connectivity index (χ3n) is 6.42. The average Bonchev–Trinajstić information content (AvgIpc) is 3.21. The van der Waals surface area contributed by atoms with E-state index >= 15 is 0 Å². The lowest BCUT2D eigenvalue weighted by Crippen LogP contribution is -2.34. The van der Waals surface area contributed by atoms with Crippen molar-refractivity contribution < 1.29 is 9.18 Å². The first-order valence-corrected chi connectivity index (χ1v) is 12.9. The summed E-state index contributed by atoms with van der Waals surface area (Å²) in [5.41, 5.74) is 4.66. The molecule has 186 valence electrons. The Bertz CT molecular complexity index is 1580. The second-order valence-electron chi connectivity index (χ2n) is 8.80. The van der Waals surface area contributed by atoms with Crippen molar-refractivity contribution >= 4 is 50.5 Å². The van der Waals surface area contributed by atoms with Crippen LogP contribution in [0, 0.1) is 17.1 Å². The van der Waals surface area contributed by atoms with Crippen molar-refractivity contribution in [2.75, 3.05) is 13.1 Å². The third-order valence-corrected chi connectivity index (χ3v) is 7.12. The van der Waals surface area contributed by atoms with Gasteiger partial charge in [-0.25, -0.2) is 14.2 Å². The van der Waals surface area contributed by atoms with Gasteiger partial charge in [0.1, 0.15) is 11.0 Å². The molecule has 1 amide bonds. The summed E-state index contributed by atoms with van der Waals surface area (Å²) in [5, 5.41) is 13.7. The van der Waals surface area contributed by atoms with Gasteiger partial charge in [0.25, 0.3) is 0 Å². The van der Waals surface area contributed by atoms with Crippen LogP contribution in [-0.4, -0.2) is 33.6 Å². The number of benzene rings is 2. The standard InChI is InChI=1S/C28H22BrClFN5O/c29-21-5-4-20(24(31)14-21)2-1-10-35-11-8-26-23(17-35)22-12-18(15-32)3-6-25(22)36(26)28(37)34-16-19-7-9-33-27(30)13-19/h1-7,9,12-14H,8,10-11,16-17H2,(H,34,37)/b2-1+. The van der Waals surface area contributed by atoms with Gasteiger partial charge < -0.3 is 5.32 Å². The average molecular weight is 579 g/mol. The summed E-state index contributed by atoms with van der Waals surface area (Å²) in [5.74, 6) is -0.279. The number of carbonyl (C=O) groups is 1. The molecule has 3 heterocycles. The molecule has 0 bridgehead atoms. The fraction of sp³-hybridized carbons (Fsp3) is 0.179. The Balaban J connectivity index is 1.39. The molecule has 0 saturated heterocycles. The highest BCUT2D eigenvalue weighted by Gasteiger charge is 2.26. The van der Waals surface area contributed by atoms with Crippen LogP contribution in [0.4, 0.5) is 9.18 Å². The number of nitriles is 1. The van der Waals surface area contributed by atoms with Crippen molar-refractivity contribution in [2.45, 2.75) is 19.5 Å². The van der Waals surface area contributed by atoms with Crippen LogP contribution < -0.4 is 5.32 Å². The van der Waals surface area contributed by atoms with Crippen molar-refractivity contribution in [1.29, 1.82) is 5.26 Å². The number of pyridine rings is 1. The second-order valence-corrected chi connectivity index (χ2v) is 10.1.